The van der Waals surface area contributed by atoms with Crippen molar-refractivity contribution in [3.8, 4) is 6.07 Å². The molecule has 0 amide bonds. The number of nitrogen functional groups attached to an aromatic ring is 1. The predicted octanol–water partition coefficient (Wildman–Crippen LogP) is 2.76. The van der Waals surface area contributed by atoms with Gasteiger partial charge in [-0.2, -0.15) is 5.26 Å². The molecule has 62 valence electrons. The van der Waals surface area contributed by atoms with Crippen LogP contribution in [0.1, 0.15) is 11.1 Å². The zero-order valence-corrected chi connectivity index (χ0v) is 7.87. The van der Waals surface area contributed by atoms with E-state index in [9.17, 15) is 0 Å². The second kappa shape index (κ2) is 3.22. The molecule has 1 aromatic rings. The largest absolute Gasteiger partial charge is 0.396 e. The molecule has 0 fully saturated rings. The normalized spacial score (nSPS) is 9.50. The van der Waals surface area contributed by atoms with Crippen LogP contribution in [-0.2, 0) is 0 Å². The van der Waals surface area contributed by atoms with Crippen LogP contribution in [-0.4, -0.2) is 0 Å². The second-order valence-electron chi connectivity index (χ2n) is 2.37. The topological polar surface area (TPSA) is 49.8 Å². The average molecular weight is 201 g/mol. The van der Waals surface area contributed by atoms with Gasteiger partial charge >= 0.3 is 0 Å². The summed E-state index contributed by atoms with van der Waals surface area (Å²) in [7, 11) is 0. The van der Waals surface area contributed by atoms with Crippen molar-refractivity contribution in [2.45, 2.75) is 6.92 Å². The summed E-state index contributed by atoms with van der Waals surface area (Å²) in [6, 6.07) is 3.42. The first-order valence-corrected chi connectivity index (χ1v) is 3.97. The highest BCUT2D eigenvalue weighted by atomic mass is 35.5. The molecule has 0 saturated heterocycles. The summed E-state index contributed by atoms with van der Waals surface area (Å²) >= 11 is 11.6. The molecule has 1 rings (SSSR count). The van der Waals surface area contributed by atoms with E-state index in [1.807, 2.05) is 6.07 Å². The number of nitriles is 1. The van der Waals surface area contributed by atoms with Gasteiger partial charge < -0.3 is 5.73 Å². The highest BCUT2D eigenvalue weighted by Gasteiger charge is 2.09. The molecule has 0 aliphatic rings. The maximum Gasteiger partial charge on any atom is 0.101 e. The second-order valence-corrected chi connectivity index (χ2v) is 3.16. The molecule has 0 aliphatic carbocycles. The summed E-state index contributed by atoms with van der Waals surface area (Å²) in [6.07, 6.45) is 0. The Morgan fingerprint density at radius 2 is 2.08 bits per heavy atom. The van der Waals surface area contributed by atoms with Crippen LogP contribution < -0.4 is 5.73 Å². The molecule has 2 N–H and O–H groups in total. The molecule has 0 bridgehead atoms. The Morgan fingerprint density at radius 1 is 1.50 bits per heavy atom. The van der Waals surface area contributed by atoms with E-state index in [1.165, 1.54) is 6.07 Å². The smallest absolute Gasteiger partial charge is 0.101 e. The molecule has 0 aliphatic heterocycles. The standard InChI is InChI=1S/C8H6Cl2N2/c1-4-6(9)2-5(3-11)8(12)7(4)10/h2H,12H2,1H3. The third-order valence-corrected chi connectivity index (χ3v) is 2.49. The number of nitrogens with zero attached hydrogens (tertiary/aromatic N) is 1. The SMILES string of the molecule is Cc1c(Cl)cc(C#N)c(N)c1Cl. The average Bonchev–Trinajstić information content (AvgIpc) is 2.08. The number of hydrogen-bond donors (Lipinski definition) is 1. The Kier molecular flexibility index (Phi) is 2.46. The molecule has 12 heavy (non-hydrogen) atoms. The van der Waals surface area contributed by atoms with Crippen LogP contribution >= 0.6 is 23.2 Å². The summed E-state index contributed by atoms with van der Waals surface area (Å²) in [6.45, 7) is 1.75. The van der Waals surface area contributed by atoms with Gasteiger partial charge in [-0.25, -0.2) is 0 Å². The van der Waals surface area contributed by atoms with E-state index in [0.717, 1.165) is 0 Å². The highest BCUT2D eigenvalue weighted by molar-refractivity contribution is 6.37. The Labute approximate surface area is 80.5 Å². The summed E-state index contributed by atoms with van der Waals surface area (Å²) < 4.78 is 0. The third-order valence-electron chi connectivity index (χ3n) is 1.61. The van der Waals surface area contributed by atoms with Crippen molar-refractivity contribution in [2.75, 3.05) is 5.73 Å². The van der Waals surface area contributed by atoms with E-state index >= 15 is 0 Å². The van der Waals surface area contributed by atoms with Crippen molar-refractivity contribution < 1.29 is 0 Å². The zero-order valence-electron chi connectivity index (χ0n) is 6.36. The number of hydrogen-bond acceptors (Lipinski definition) is 2. The van der Waals surface area contributed by atoms with Gasteiger partial charge in [0.05, 0.1) is 16.3 Å². The van der Waals surface area contributed by atoms with Gasteiger partial charge in [-0.3, -0.25) is 0 Å². The van der Waals surface area contributed by atoms with Crippen LogP contribution in [0.2, 0.25) is 10.0 Å². The van der Waals surface area contributed by atoms with E-state index in [1.54, 1.807) is 6.92 Å². The lowest BCUT2D eigenvalue weighted by molar-refractivity contribution is 1.43. The third kappa shape index (κ3) is 1.34. The molecule has 0 saturated carbocycles. The minimum Gasteiger partial charge on any atom is -0.396 e. The van der Waals surface area contributed by atoms with Crippen molar-refractivity contribution in [3.05, 3.63) is 27.2 Å². The first-order valence-electron chi connectivity index (χ1n) is 3.22. The summed E-state index contributed by atoms with van der Waals surface area (Å²) in [4.78, 5) is 0. The molecular formula is C8H6Cl2N2. The van der Waals surface area contributed by atoms with Crippen LogP contribution in [0, 0.1) is 18.3 Å². The van der Waals surface area contributed by atoms with Gasteiger partial charge in [0, 0.05) is 5.02 Å². The molecule has 0 spiro atoms. The molecule has 0 atom stereocenters. The van der Waals surface area contributed by atoms with Crippen molar-refractivity contribution in [2.24, 2.45) is 0 Å². The number of anilines is 1. The van der Waals surface area contributed by atoms with Crippen molar-refractivity contribution in [1.82, 2.24) is 0 Å². The maximum atomic E-state index is 8.61. The van der Waals surface area contributed by atoms with Gasteiger partial charge in [-0.15, -0.1) is 0 Å². The summed E-state index contributed by atoms with van der Waals surface area (Å²) in [5.41, 5.74) is 6.86. The maximum absolute atomic E-state index is 8.61. The number of benzene rings is 1. The fourth-order valence-electron chi connectivity index (χ4n) is 0.830. The van der Waals surface area contributed by atoms with Gasteiger partial charge in [0.1, 0.15) is 6.07 Å². The fraction of sp³-hybridized carbons (Fsp3) is 0.125. The van der Waals surface area contributed by atoms with Crippen molar-refractivity contribution >= 4 is 28.9 Å². The Hall–Kier alpha value is -0.910. The lowest BCUT2D eigenvalue weighted by Gasteiger charge is -2.05. The molecule has 4 heteroatoms. The van der Waals surface area contributed by atoms with Gasteiger partial charge in [0.15, 0.2) is 0 Å². The monoisotopic (exact) mass is 200 g/mol. The van der Waals surface area contributed by atoms with Crippen molar-refractivity contribution in [1.29, 1.82) is 5.26 Å². The van der Waals surface area contributed by atoms with Gasteiger partial charge in [-0.1, -0.05) is 23.2 Å². The minimum absolute atomic E-state index is 0.293. The van der Waals surface area contributed by atoms with Crippen LogP contribution in [0.4, 0.5) is 5.69 Å². The van der Waals surface area contributed by atoms with Crippen LogP contribution in [0.15, 0.2) is 6.07 Å². The molecule has 0 radical (unpaired) electrons. The fourth-order valence-corrected chi connectivity index (χ4v) is 1.29. The van der Waals surface area contributed by atoms with Crippen molar-refractivity contribution in [3.63, 3.8) is 0 Å². The predicted molar refractivity (Wildman–Crippen MR) is 50.3 cm³/mol. The minimum atomic E-state index is 0.293. The van der Waals surface area contributed by atoms with E-state index in [-0.39, 0.29) is 0 Å². The lowest BCUT2D eigenvalue weighted by atomic mass is 10.1. The van der Waals surface area contributed by atoms with Crippen LogP contribution in [0.5, 0.6) is 0 Å². The Morgan fingerprint density at radius 3 is 2.58 bits per heavy atom. The van der Waals surface area contributed by atoms with E-state index in [2.05, 4.69) is 0 Å². The first kappa shape index (κ1) is 9.18. The number of nitrogens with two attached hydrogens (primary N) is 1. The summed E-state index contributed by atoms with van der Waals surface area (Å²) in [5.74, 6) is 0. The van der Waals surface area contributed by atoms with Gasteiger partial charge in [0.2, 0.25) is 0 Å². The van der Waals surface area contributed by atoms with Gasteiger partial charge in [0.25, 0.3) is 0 Å². The molecular weight excluding hydrogens is 195 g/mol. The van der Waals surface area contributed by atoms with Crippen LogP contribution in [0.25, 0.3) is 0 Å². The molecule has 2 nitrogen and oxygen atoms in total. The first-order chi connectivity index (χ1) is 5.57. The number of rotatable bonds is 0. The molecule has 0 aromatic heterocycles. The Bertz CT molecular complexity index is 366. The van der Waals surface area contributed by atoms with Crippen LogP contribution in [0.3, 0.4) is 0 Å². The molecule has 0 heterocycles. The molecule has 1 aromatic carbocycles. The zero-order chi connectivity index (χ0) is 9.30. The van der Waals surface area contributed by atoms with E-state index in [4.69, 9.17) is 34.2 Å². The van der Waals surface area contributed by atoms with E-state index in [0.29, 0.717) is 26.9 Å². The van der Waals surface area contributed by atoms with Gasteiger partial charge in [-0.05, 0) is 18.6 Å². The lowest BCUT2D eigenvalue weighted by Crippen LogP contribution is -1.94. The molecule has 0 unspecified atom stereocenters. The quantitative estimate of drug-likeness (QED) is 0.656. The highest BCUT2D eigenvalue weighted by Crippen LogP contribution is 2.31. The number of halogens is 2. The summed E-state index contributed by atoms with van der Waals surface area (Å²) in [5, 5.41) is 9.43. The Balaban J connectivity index is 3.52. The van der Waals surface area contributed by atoms with E-state index < -0.39 is 0 Å².